The molecule has 1 aliphatic rings. The van der Waals surface area contributed by atoms with E-state index < -0.39 is 15.6 Å². The van der Waals surface area contributed by atoms with Crippen molar-refractivity contribution in [2.24, 2.45) is 0 Å². The number of nitrogens with one attached hydrogen (secondary N) is 1. The van der Waals surface area contributed by atoms with E-state index in [0.717, 1.165) is 0 Å². The Morgan fingerprint density at radius 1 is 1.47 bits per heavy atom. The molecule has 1 fully saturated rings. The quantitative estimate of drug-likeness (QED) is 0.796. The number of ether oxygens (including phenoxy) is 2. The molecular formula is C12H18N2O4S. The van der Waals surface area contributed by atoms with Gasteiger partial charge in [0.1, 0.15) is 10.6 Å². The Hall–Kier alpha value is -1.31. The van der Waals surface area contributed by atoms with Gasteiger partial charge in [-0.3, -0.25) is 0 Å². The molecule has 1 heterocycles. The third kappa shape index (κ3) is 2.99. The van der Waals surface area contributed by atoms with Gasteiger partial charge < -0.3 is 15.2 Å². The molecule has 1 atom stereocenters. The Balaban J connectivity index is 2.29. The Morgan fingerprint density at radius 2 is 2.21 bits per heavy atom. The maximum absolute atomic E-state index is 12.3. The molecule has 1 aromatic carbocycles. The van der Waals surface area contributed by atoms with E-state index in [1.165, 1.54) is 19.2 Å². The highest BCUT2D eigenvalue weighted by molar-refractivity contribution is 7.89. The lowest BCUT2D eigenvalue weighted by Gasteiger charge is -2.23. The number of hydrogen-bond acceptors (Lipinski definition) is 5. The van der Waals surface area contributed by atoms with Gasteiger partial charge in [0.15, 0.2) is 0 Å². The second-order valence-corrected chi connectivity index (χ2v) is 6.52. The Bertz CT molecular complexity index is 565. The van der Waals surface area contributed by atoms with Crippen molar-refractivity contribution in [3.05, 3.63) is 18.2 Å². The average Bonchev–Trinajstić information content (AvgIpc) is 2.74. The predicted molar refractivity (Wildman–Crippen MR) is 71.6 cm³/mol. The summed E-state index contributed by atoms with van der Waals surface area (Å²) >= 11 is 0. The van der Waals surface area contributed by atoms with Gasteiger partial charge in [0, 0.05) is 12.7 Å². The van der Waals surface area contributed by atoms with E-state index in [9.17, 15) is 8.42 Å². The molecule has 7 heteroatoms. The van der Waals surface area contributed by atoms with Crippen molar-refractivity contribution < 1.29 is 17.9 Å². The minimum Gasteiger partial charge on any atom is -0.497 e. The molecule has 1 unspecified atom stereocenters. The number of rotatable bonds is 4. The van der Waals surface area contributed by atoms with Crippen molar-refractivity contribution in [1.82, 2.24) is 4.72 Å². The van der Waals surface area contributed by atoms with E-state index in [1.54, 1.807) is 6.07 Å². The molecule has 2 rings (SSSR count). The van der Waals surface area contributed by atoms with Crippen LogP contribution in [-0.4, -0.2) is 34.3 Å². The molecular weight excluding hydrogens is 268 g/mol. The standard InChI is InChI=1S/C12H18N2O4S/c1-12(5-6-18-8-12)14-19(15,16)11-4-3-9(17-2)7-10(11)13/h3-4,7,14H,5-6,8,13H2,1-2H3. The number of hydrogen-bond donors (Lipinski definition) is 2. The van der Waals surface area contributed by atoms with Gasteiger partial charge in [-0.2, -0.15) is 0 Å². The largest absolute Gasteiger partial charge is 0.497 e. The first-order valence-corrected chi connectivity index (χ1v) is 7.40. The fourth-order valence-corrected chi connectivity index (χ4v) is 3.56. The molecule has 0 aromatic heterocycles. The van der Waals surface area contributed by atoms with Gasteiger partial charge in [0.2, 0.25) is 10.0 Å². The molecule has 1 saturated heterocycles. The summed E-state index contributed by atoms with van der Waals surface area (Å²) in [5.41, 5.74) is 5.35. The molecule has 1 aliphatic heterocycles. The second kappa shape index (κ2) is 4.99. The van der Waals surface area contributed by atoms with E-state index in [2.05, 4.69) is 4.72 Å². The molecule has 0 spiro atoms. The van der Waals surface area contributed by atoms with Gasteiger partial charge >= 0.3 is 0 Å². The Morgan fingerprint density at radius 3 is 2.74 bits per heavy atom. The van der Waals surface area contributed by atoms with Crippen LogP contribution in [0.2, 0.25) is 0 Å². The van der Waals surface area contributed by atoms with Crippen molar-refractivity contribution in [3.8, 4) is 5.75 Å². The lowest BCUT2D eigenvalue weighted by Crippen LogP contribution is -2.46. The minimum absolute atomic E-state index is 0.0569. The van der Waals surface area contributed by atoms with Crippen LogP contribution in [0.3, 0.4) is 0 Å². The number of sulfonamides is 1. The predicted octanol–water partition coefficient (Wildman–Crippen LogP) is 0.735. The number of benzene rings is 1. The van der Waals surface area contributed by atoms with Crippen LogP contribution in [0.15, 0.2) is 23.1 Å². The summed E-state index contributed by atoms with van der Waals surface area (Å²) in [6, 6.07) is 4.50. The molecule has 6 nitrogen and oxygen atoms in total. The van der Waals surface area contributed by atoms with Crippen molar-refractivity contribution >= 4 is 15.7 Å². The third-order valence-electron chi connectivity index (χ3n) is 3.11. The first-order valence-electron chi connectivity index (χ1n) is 5.92. The van der Waals surface area contributed by atoms with Crippen LogP contribution in [0, 0.1) is 0 Å². The highest BCUT2D eigenvalue weighted by Crippen LogP contribution is 2.26. The normalized spacial score (nSPS) is 23.5. The van der Waals surface area contributed by atoms with Crippen LogP contribution in [0.1, 0.15) is 13.3 Å². The zero-order valence-electron chi connectivity index (χ0n) is 11.0. The number of nitrogen functional groups attached to an aromatic ring is 1. The average molecular weight is 286 g/mol. The summed E-state index contributed by atoms with van der Waals surface area (Å²) in [4.78, 5) is 0.0569. The summed E-state index contributed by atoms with van der Waals surface area (Å²) in [5, 5.41) is 0. The maximum Gasteiger partial charge on any atom is 0.243 e. The molecule has 0 radical (unpaired) electrons. The zero-order chi connectivity index (χ0) is 14.1. The van der Waals surface area contributed by atoms with Crippen LogP contribution >= 0.6 is 0 Å². The second-order valence-electron chi connectivity index (χ2n) is 4.87. The van der Waals surface area contributed by atoms with Crippen LogP contribution in [-0.2, 0) is 14.8 Å². The Kier molecular flexibility index (Phi) is 3.71. The fourth-order valence-electron chi connectivity index (χ4n) is 2.03. The SMILES string of the molecule is COc1ccc(S(=O)(=O)NC2(C)CCOC2)c(N)c1. The molecule has 19 heavy (non-hydrogen) atoms. The van der Waals surface area contributed by atoms with Gasteiger partial charge in [-0.1, -0.05) is 0 Å². The van der Waals surface area contributed by atoms with E-state index in [1.807, 2.05) is 6.92 Å². The minimum atomic E-state index is -3.67. The lowest BCUT2D eigenvalue weighted by atomic mass is 10.0. The molecule has 0 bridgehead atoms. The van der Waals surface area contributed by atoms with Gasteiger partial charge in [0.05, 0.1) is 24.9 Å². The highest BCUT2D eigenvalue weighted by atomic mass is 32.2. The van der Waals surface area contributed by atoms with E-state index in [-0.39, 0.29) is 10.6 Å². The van der Waals surface area contributed by atoms with Crippen LogP contribution in [0.4, 0.5) is 5.69 Å². The smallest absolute Gasteiger partial charge is 0.243 e. The van der Waals surface area contributed by atoms with Gasteiger partial charge in [-0.15, -0.1) is 0 Å². The van der Waals surface area contributed by atoms with Crippen LogP contribution < -0.4 is 15.2 Å². The van der Waals surface area contributed by atoms with Crippen LogP contribution in [0.25, 0.3) is 0 Å². The first kappa shape index (κ1) is 14.1. The van der Waals surface area contributed by atoms with Crippen molar-refractivity contribution in [2.75, 3.05) is 26.1 Å². The summed E-state index contributed by atoms with van der Waals surface area (Å²) in [6.07, 6.45) is 0.641. The molecule has 0 aliphatic carbocycles. The summed E-state index contributed by atoms with van der Waals surface area (Å²) in [7, 11) is -2.17. The number of methoxy groups -OCH3 is 1. The summed E-state index contributed by atoms with van der Waals surface area (Å²) in [6.45, 7) is 2.73. The van der Waals surface area contributed by atoms with Gasteiger partial charge in [-0.05, 0) is 25.5 Å². The molecule has 106 valence electrons. The van der Waals surface area contributed by atoms with Crippen LogP contribution in [0.5, 0.6) is 5.75 Å². The number of nitrogens with two attached hydrogens (primary N) is 1. The van der Waals surface area contributed by atoms with E-state index >= 15 is 0 Å². The van der Waals surface area contributed by atoms with Crippen molar-refractivity contribution in [3.63, 3.8) is 0 Å². The third-order valence-corrected chi connectivity index (χ3v) is 4.82. The Labute approximate surface area is 112 Å². The first-order chi connectivity index (χ1) is 8.86. The number of anilines is 1. The van der Waals surface area contributed by atoms with E-state index in [0.29, 0.717) is 25.4 Å². The van der Waals surface area contributed by atoms with Crippen molar-refractivity contribution in [2.45, 2.75) is 23.8 Å². The lowest BCUT2D eigenvalue weighted by molar-refractivity contribution is 0.178. The van der Waals surface area contributed by atoms with E-state index in [4.69, 9.17) is 15.2 Å². The maximum atomic E-state index is 12.3. The highest BCUT2D eigenvalue weighted by Gasteiger charge is 2.35. The molecule has 0 amide bonds. The monoisotopic (exact) mass is 286 g/mol. The molecule has 3 N–H and O–H groups in total. The van der Waals surface area contributed by atoms with Gasteiger partial charge in [-0.25, -0.2) is 13.1 Å². The van der Waals surface area contributed by atoms with Gasteiger partial charge in [0.25, 0.3) is 0 Å². The summed E-state index contributed by atoms with van der Waals surface area (Å²) < 4.78 is 37.5. The molecule has 1 aromatic rings. The summed E-state index contributed by atoms with van der Waals surface area (Å²) in [5.74, 6) is 0.520. The zero-order valence-corrected chi connectivity index (χ0v) is 11.8. The topological polar surface area (TPSA) is 90.7 Å². The van der Waals surface area contributed by atoms with Crippen molar-refractivity contribution in [1.29, 1.82) is 0 Å². The molecule has 0 saturated carbocycles. The fraction of sp³-hybridized carbons (Fsp3) is 0.500.